The van der Waals surface area contributed by atoms with Gasteiger partial charge >= 0.3 is 11.9 Å². The number of amides is 1. The second-order valence-electron chi connectivity index (χ2n) is 6.79. The van der Waals surface area contributed by atoms with Crippen LogP contribution in [-0.4, -0.2) is 41.4 Å². The summed E-state index contributed by atoms with van der Waals surface area (Å²) in [6, 6.07) is 6.49. The Morgan fingerprint density at radius 3 is 2.22 bits per heavy atom. The highest BCUT2D eigenvalue weighted by Gasteiger charge is 2.26. The van der Waals surface area contributed by atoms with Crippen LogP contribution < -0.4 is 0 Å². The molecule has 0 heterocycles. The first-order chi connectivity index (χ1) is 12.6. The highest BCUT2D eigenvalue weighted by Crippen LogP contribution is 2.23. The zero-order valence-corrected chi connectivity index (χ0v) is 16.7. The first-order valence-corrected chi connectivity index (χ1v) is 9.11. The van der Waals surface area contributed by atoms with Crippen LogP contribution in [-0.2, 0) is 24.0 Å². The SMILES string of the molecule is CC(C)C(=O)O[C@@H](ON(C=O)CCC(C(=O)O)c1ccc(Cl)cc1)C(C)C. The van der Waals surface area contributed by atoms with Gasteiger partial charge in [-0.05, 0) is 24.1 Å². The van der Waals surface area contributed by atoms with Crippen LogP contribution >= 0.6 is 11.6 Å². The Hall–Kier alpha value is -2.12. The van der Waals surface area contributed by atoms with E-state index in [1.807, 2.05) is 0 Å². The molecule has 27 heavy (non-hydrogen) atoms. The monoisotopic (exact) mass is 399 g/mol. The molecule has 150 valence electrons. The van der Waals surface area contributed by atoms with Gasteiger partial charge in [0.25, 0.3) is 0 Å². The lowest BCUT2D eigenvalue weighted by atomic mass is 9.96. The number of esters is 1. The molecule has 1 aromatic carbocycles. The lowest BCUT2D eigenvalue weighted by molar-refractivity contribution is -0.271. The third-order valence-electron chi connectivity index (χ3n) is 3.81. The largest absolute Gasteiger partial charge is 0.481 e. The zero-order valence-electron chi connectivity index (χ0n) is 15.9. The lowest BCUT2D eigenvalue weighted by Gasteiger charge is -2.27. The summed E-state index contributed by atoms with van der Waals surface area (Å²) in [6.07, 6.45) is -0.373. The maximum Gasteiger partial charge on any atom is 0.311 e. The van der Waals surface area contributed by atoms with Crippen molar-refractivity contribution in [3.05, 3.63) is 34.9 Å². The third kappa shape index (κ3) is 7.56. The molecule has 1 unspecified atom stereocenters. The fourth-order valence-corrected chi connectivity index (χ4v) is 2.30. The molecule has 8 heteroatoms. The molecule has 0 saturated heterocycles. The fraction of sp³-hybridized carbons (Fsp3) is 0.526. The average molecular weight is 400 g/mol. The van der Waals surface area contributed by atoms with Crippen LogP contribution in [0.2, 0.25) is 5.02 Å². The Kier molecular flexibility index (Phi) is 9.25. The summed E-state index contributed by atoms with van der Waals surface area (Å²) < 4.78 is 5.27. The number of carboxylic acids is 1. The van der Waals surface area contributed by atoms with E-state index >= 15 is 0 Å². The first kappa shape index (κ1) is 22.9. The Balaban J connectivity index is 2.76. The van der Waals surface area contributed by atoms with Crippen molar-refractivity contribution in [1.29, 1.82) is 0 Å². The molecule has 0 aromatic heterocycles. The molecule has 0 fully saturated rings. The highest BCUT2D eigenvalue weighted by molar-refractivity contribution is 6.30. The van der Waals surface area contributed by atoms with E-state index in [0.717, 1.165) is 5.06 Å². The van der Waals surface area contributed by atoms with E-state index in [0.29, 0.717) is 17.0 Å². The van der Waals surface area contributed by atoms with Crippen LogP contribution in [0.15, 0.2) is 24.3 Å². The molecular weight excluding hydrogens is 374 g/mol. The molecule has 0 bridgehead atoms. The van der Waals surface area contributed by atoms with E-state index in [4.69, 9.17) is 21.2 Å². The fourth-order valence-electron chi connectivity index (χ4n) is 2.18. The Bertz CT molecular complexity index is 632. The zero-order chi connectivity index (χ0) is 20.6. The number of nitrogens with zero attached hydrogens (tertiary/aromatic N) is 1. The van der Waals surface area contributed by atoms with E-state index in [2.05, 4.69) is 0 Å². The maximum absolute atomic E-state index is 11.8. The van der Waals surface area contributed by atoms with E-state index < -0.39 is 24.1 Å². The number of aliphatic carboxylic acids is 1. The summed E-state index contributed by atoms with van der Waals surface area (Å²) in [6.45, 7) is 6.98. The van der Waals surface area contributed by atoms with Gasteiger partial charge in [0, 0.05) is 17.5 Å². The quantitative estimate of drug-likeness (QED) is 0.265. The second-order valence-corrected chi connectivity index (χ2v) is 7.22. The van der Waals surface area contributed by atoms with Gasteiger partial charge in [0.1, 0.15) is 0 Å². The first-order valence-electron chi connectivity index (χ1n) is 8.73. The number of hydrogen-bond acceptors (Lipinski definition) is 5. The molecule has 1 rings (SSSR count). The van der Waals surface area contributed by atoms with E-state index in [1.54, 1.807) is 52.0 Å². The Morgan fingerprint density at radius 2 is 1.78 bits per heavy atom. The molecule has 2 atom stereocenters. The van der Waals surface area contributed by atoms with Crippen LogP contribution in [0, 0.1) is 11.8 Å². The minimum Gasteiger partial charge on any atom is -0.481 e. The van der Waals surface area contributed by atoms with Crippen molar-refractivity contribution < 1.29 is 29.1 Å². The van der Waals surface area contributed by atoms with Crippen LogP contribution in [0.5, 0.6) is 0 Å². The number of carbonyl (C=O) groups excluding carboxylic acids is 2. The minimum absolute atomic E-state index is 0.0194. The van der Waals surface area contributed by atoms with Gasteiger partial charge in [-0.15, -0.1) is 0 Å². The number of rotatable bonds is 11. The molecule has 0 aliphatic heterocycles. The van der Waals surface area contributed by atoms with Gasteiger partial charge in [-0.25, -0.2) is 9.90 Å². The second kappa shape index (κ2) is 10.9. The average Bonchev–Trinajstić information content (AvgIpc) is 2.60. The van der Waals surface area contributed by atoms with Gasteiger partial charge < -0.3 is 9.84 Å². The van der Waals surface area contributed by atoms with Crippen LogP contribution in [0.3, 0.4) is 0 Å². The Morgan fingerprint density at radius 1 is 1.19 bits per heavy atom. The van der Waals surface area contributed by atoms with Gasteiger partial charge in [-0.1, -0.05) is 51.4 Å². The molecule has 0 saturated carbocycles. The third-order valence-corrected chi connectivity index (χ3v) is 4.07. The summed E-state index contributed by atoms with van der Waals surface area (Å²) >= 11 is 5.83. The number of carboxylic acid groups (broad SMARTS) is 1. The molecule has 1 aromatic rings. The van der Waals surface area contributed by atoms with Gasteiger partial charge in [-0.2, -0.15) is 0 Å². The van der Waals surface area contributed by atoms with Crippen molar-refractivity contribution in [3.63, 3.8) is 0 Å². The predicted molar refractivity (Wildman–Crippen MR) is 99.9 cm³/mol. The lowest BCUT2D eigenvalue weighted by Crippen LogP contribution is -2.37. The topological polar surface area (TPSA) is 93.1 Å². The van der Waals surface area contributed by atoms with Crippen molar-refractivity contribution >= 4 is 29.9 Å². The number of ether oxygens (including phenoxy) is 1. The van der Waals surface area contributed by atoms with Crippen molar-refractivity contribution in [2.24, 2.45) is 11.8 Å². The van der Waals surface area contributed by atoms with E-state index in [1.165, 1.54) is 0 Å². The number of hydroxylamine groups is 2. The van der Waals surface area contributed by atoms with Gasteiger partial charge in [-0.3, -0.25) is 14.4 Å². The van der Waals surface area contributed by atoms with Crippen LogP contribution in [0.1, 0.15) is 45.6 Å². The summed E-state index contributed by atoms with van der Waals surface area (Å²) in [5, 5.41) is 11.0. The summed E-state index contributed by atoms with van der Waals surface area (Å²) in [5.41, 5.74) is 0.574. The van der Waals surface area contributed by atoms with Crippen LogP contribution in [0.25, 0.3) is 0 Å². The number of carbonyl (C=O) groups is 3. The van der Waals surface area contributed by atoms with Gasteiger partial charge in [0.15, 0.2) is 0 Å². The highest BCUT2D eigenvalue weighted by atomic mass is 35.5. The van der Waals surface area contributed by atoms with Crippen LogP contribution in [0.4, 0.5) is 0 Å². The number of benzene rings is 1. The van der Waals surface area contributed by atoms with Gasteiger partial charge in [0.2, 0.25) is 12.7 Å². The van der Waals surface area contributed by atoms with Crippen molar-refractivity contribution in [2.75, 3.05) is 6.54 Å². The molecule has 0 aliphatic rings. The van der Waals surface area contributed by atoms with Crippen molar-refractivity contribution in [3.8, 4) is 0 Å². The molecule has 0 spiro atoms. The molecular formula is C19H26ClNO6. The predicted octanol–water partition coefficient (Wildman–Crippen LogP) is 3.47. The standard InChI is InChI=1S/C19H26ClNO6/c1-12(2)18(25)26-19(13(3)4)27-21(11-22)10-9-16(17(23)24)14-5-7-15(20)8-6-14/h5-8,11-13,16,19H,9-10H2,1-4H3,(H,23,24)/t16?,19-/m0/s1. The van der Waals surface area contributed by atoms with Crippen molar-refractivity contribution in [1.82, 2.24) is 5.06 Å². The molecule has 1 N–H and O–H groups in total. The van der Waals surface area contributed by atoms with E-state index in [-0.39, 0.29) is 24.8 Å². The molecule has 1 amide bonds. The summed E-state index contributed by atoms with van der Waals surface area (Å²) in [7, 11) is 0. The molecule has 7 nitrogen and oxygen atoms in total. The summed E-state index contributed by atoms with van der Waals surface area (Å²) in [4.78, 5) is 40.2. The smallest absolute Gasteiger partial charge is 0.311 e. The molecule has 0 radical (unpaired) electrons. The van der Waals surface area contributed by atoms with Crippen molar-refractivity contribution in [2.45, 2.75) is 46.3 Å². The summed E-state index contributed by atoms with van der Waals surface area (Å²) in [5.74, 6) is -2.81. The minimum atomic E-state index is -1.02. The Labute approximate surface area is 164 Å². The van der Waals surface area contributed by atoms with E-state index in [9.17, 15) is 19.5 Å². The normalized spacial score (nSPS) is 13.3. The van der Waals surface area contributed by atoms with Gasteiger partial charge in [0.05, 0.1) is 11.8 Å². The number of halogens is 1. The molecule has 0 aliphatic carbocycles. The number of hydrogen-bond donors (Lipinski definition) is 1. The maximum atomic E-state index is 11.8.